The van der Waals surface area contributed by atoms with Gasteiger partial charge in [0.25, 0.3) is 0 Å². The maximum absolute atomic E-state index is 13.0. The lowest BCUT2D eigenvalue weighted by molar-refractivity contribution is -0.118. The number of hydrogen-bond acceptors (Lipinski definition) is 6. The fourth-order valence-corrected chi connectivity index (χ4v) is 6.14. The Hall–Kier alpha value is -3.04. The molecule has 0 atom stereocenters. The molecule has 0 saturated carbocycles. The maximum atomic E-state index is 13.0. The smallest absolute Gasteiger partial charge is 0.247 e. The van der Waals surface area contributed by atoms with E-state index < -0.39 is 10.0 Å². The van der Waals surface area contributed by atoms with Gasteiger partial charge in [-0.25, -0.2) is 8.42 Å². The quantitative estimate of drug-likeness (QED) is 0.533. The molecule has 9 heteroatoms. The van der Waals surface area contributed by atoms with Gasteiger partial charge < -0.3 is 9.32 Å². The van der Waals surface area contributed by atoms with Crippen LogP contribution in [0.25, 0.3) is 11.5 Å². The van der Waals surface area contributed by atoms with Crippen LogP contribution in [0.3, 0.4) is 0 Å². The van der Waals surface area contributed by atoms with Crippen LogP contribution in [-0.4, -0.2) is 48.5 Å². The predicted molar refractivity (Wildman–Crippen MR) is 128 cm³/mol. The van der Waals surface area contributed by atoms with Crippen molar-refractivity contribution in [1.82, 2.24) is 14.5 Å². The number of hydrogen-bond donors (Lipinski definition) is 0. The molecule has 2 aromatic carbocycles. The lowest BCUT2D eigenvalue weighted by Gasteiger charge is -2.26. The molecule has 0 N–H and O–H groups in total. The van der Waals surface area contributed by atoms with Crippen molar-refractivity contribution in [1.29, 1.82) is 0 Å². The minimum atomic E-state index is -3.49. The van der Waals surface area contributed by atoms with Gasteiger partial charge in [0.2, 0.25) is 27.7 Å². The van der Waals surface area contributed by atoms with Gasteiger partial charge in [0.05, 0.1) is 4.90 Å². The van der Waals surface area contributed by atoms with Crippen LogP contribution in [0.2, 0.25) is 0 Å². The first-order chi connectivity index (χ1) is 16.4. The van der Waals surface area contributed by atoms with E-state index in [1.165, 1.54) is 0 Å². The Bertz CT molecular complexity index is 1290. The van der Waals surface area contributed by atoms with Gasteiger partial charge >= 0.3 is 0 Å². The maximum Gasteiger partial charge on any atom is 0.247 e. The van der Waals surface area contributed by atoms with Crippen molar-refractivity contribution >= 4 is 21.6 Å². The molecule has 2 aliphatic rings. The van der Waals surface area contributed by atoms with Gasteiger partial charge in [0.1, 0.15) is 0 Å². The summed E-state index contributed by atoms with van der Waals surface area (Å²) in [4.78, 5) is 15.0. The predicted octanol–water partition coefficient (Wildman–Crippen LogP) is 3.74. The number of nitrogens with zero attached hydrogens (tertiary/aromatic N) is 4. The number of sulfonamides is 1. The number of carbonyl (C=O) groups is 1. The van der Waals surface area contributed by atoms with Crippen molar-refractivity contribution in [3.8, 4) is 11.5 Å². The molecule has 1 saturated heterocycles. The third kappa shape index (κ3) is 4.50. The highest BCUT2D eigenvalue weighted by molar-refractivity contribution is 7.89. The third-order valence-corrected chi connectivity index (χ3v) is 8.41. The van der Waals surface area contributed by atoms with Gasteiger partial charge in [0, 0.05) is 43.7 Å². The monoisotopic (exact) mass is 480 g/mol. The van der Waals surface area contributed by atoms with Gasteiger partial charge in [-0.3, -0.25) is 4.79 Å². The van der Waals surface area contributed by atoms with Gasteiger partial charge in [-0.2, -0.15) is 4.31 Å². The Balaban J connectivity index is 1.24. The SMILES string of the molecule is Cc1ccc(-c2nnc(CCC(=O)N3CCc4cc(S(=O)(=O)N5CCCCC5)ccc43)o2)cc1. The second-order valence-corrected chi connectivity index (χ2v) is 10.9. The van der Waals surface area contributed by atoms with Crippen LogP contribution in [-0.2, 0) is 27.7 Å². The first kappa shape index (κ1) is 22.7. The highest BCUT2D eigenvalue weighted by Gasteiger charge is 2.30. The standard InChI is InChI=1S/C25H28N4O4S/c1-18-5-7-19(8-6-18)25-27-26-23(33-25)11-12-24(30)29-16-13-20-17-21(9-10-22(20)29)34(31,32)28-14-3-2-4-15-28/h5-10,17H,2-4,11-16H2,1H3. The number of benzene rings is 2. The Morgan fingerprint density at radius 3 is 2.53 bits per heavy atom. The summed E-state index contributed by atoms with van der Waals surface area (Å²) >= 11 is 0. The molecule has 34 heavy (non-hydrogen) atoms. The molecule has 3 heterocycles. The van der Waals surface area contributed by atoms with Gasteiger partial charge in [-0.1, -0.05) is 24.1 Å². The molecule has 1 aromatic heterocycles. The lowest BCUT2D eigenvalue weighted by atomic mass is 10.1. The summed E-state index contributed by atoms with van der Waals surface area (Å²) in [6, 6.07) is 12.9. The number of rotatable bonds is 6. The molecule has 5 rings (SSSR count). The van der Waals surface area contributed by atoms with E-state index in [2.05, 4.69) is 10.2 Å². The number of carbonyl (C=O) groups excluding carboxylic acids is 1. The number of amides is 1. The van der Waals surface area contributed by atoms with E-state index in [0.717, 1.165) is 41.6 Å². The molecule has 0 spiro atoms. The molecule has 8 nitrogen and oxygen atoms in total. The molecule has 0 bridgehead atoms. The first-order valence-corrected chi connectivity index (χ1v) is 13.2. The fraction of sp³-hybridized carbons (Fsp3) is 0.400. The molecule has 2 aliphatic heterocycles. The van der Waals surface area contributed by atoms with Crippen LogP contribution < -0.4 is 4.90 Å². The summed E-state index contributed by atoms with van der Waals surface area (Å²) in [5, 5.41) is 8.18. The number of anilines is 1. The van der Waals surface area contributed by atoms with E-state index in [9.17, 15) is 13.2 Å². The minimum absolute atomic E-state index is 0.0412. The van der Waals surface area contributed by atoms with Gasteiger partial charge in [0.15, 0.2) is 0 Å². The molecule has 178 valence electrons. The average Bonchev–Trinajstić information content (AvgIpc) is 3.50. The van der Waals surface area contributed by atoms with E-state index in [4.69, 9.17) is 4.42 Å². The Kier molecular flexibility index (Phi) is 6.22. The lowest BCUT2D eigenvalue weighted by Crippen LogP contribution is -2.35. The van der Waals surface area contributed by atoms with Crippen LogP contribution in [0.1, 0.15) is 42.7 Å². The van der Waals surface area contributed by atoms with E-state index >= 15 is 0 Å². The summed E-state index contributed by atoms with van der Waals surface area (Å²) in [6.07, 6.45) is 4.11. The minimum Gasteiger partial charge on any atom is -0.421 e. The van der Waals surface area contributed by atoms with Crippen LogP contribution in [0.15, 0.2) is 51.8 Å². The Labute approximate surface area is 199 Å². The van der Waals surface area contributed by atoms with E-state index in [1.54, 1.807) is 27.4 Å². The molecule has 3 aromatic rings. The topological polar surface area (TPSA) is 96.6 Å². The van der Waals surface area contributed by atoms with E-state index in [1.807, 2.05) is 31.2 Å². The zero-order valence-electron chi connectivity index (χ0n) is 19.2. The molecule has 0 radical (unpaired) electrons. The molecule has 1 fully saturated rings. The molecule has 0 unspecified atom stereocenters. The van der Waals surface area contributed by atoms with Crippen molar-refractivity contribution in [2.75, 3.05) is 24.5 Å². The van der Waals surface area contributed by atoms with Crippen LogP contribution >= 0.6 is 0 Å². The summed E-state index contributed by atoms with van der Waals surface area (Å²) in [6.45, 7) is 3.70. The van der Waals surface area contributed by atoms with Crippen LogP contribution in [0, 0.1) is 6.92 Å². The van der Waals surface area contributed by atoms with Crippen LogP contribution in [0.5, 0.6) is 0 Å². The fourth-order valence-electron chi connectivity index (χ4n) is 4.57. The van der Waals surface area contributed by atoms with Crippen molar-refractivity contribution in [3.63, 3.8) is 0 Å². The average molecular weight is 481 g/mol. The van der Waals surface area contributed by atoms with E-state index in [-0.39, 0.29) is 12.3 Å². The second kappa shape index (κ2) is 9.31. The van der Waals surface area contributed by atoms with Crippen molar-refractivity contribution in [2.45, 2.75) is 50.3 Å². The largest absolute Gasteiger partial charge is 0.421 e. The summed E-state index contributed by atoms with van der Waals surface area (Å²) in [5.74, 6) is 0.822. The number of piperidine rings is 1. The number of fused-ring (bicyclic) bond motifs is 1. The molecular formula is C25H28N4O4S. The highest BCUT2D eigenvalue weighted by Crippen LogP contribution is 2.32. The van der Waals surface area contributed by atoms with Crippen molar-refractivity contribution < 1.29 is 17.6 Å². The Morgan fingerprint density at radius 1 is 1.00 bits per heavy atom. The van der Waals surface area contributed by atoms with Crippen molar-refractivity contribution in [3.05, 3.63) is 59.5 Å². The zero-order chi connectivity index (χ0) is 23.7. The van der Waals surface area contributed by atoms with E-state index in [0.29, 0.717) is 49.2 Å². The number of aryl methyl sites for hydroxylation is 2. The summed E-state index contributed by atoms with van der Waals surface area (Å²) in [5.41, 5.74) is 3.68. The van der Waals surface area contributed by atoms with Crippen LogP contribution in [0.4, 0.5) is 5.69 Å². The summed E-state index contributed by atoms with van der Waals surface area (Å²) in [7, 11) is -3.49. The number of aromatic nitrogens is 2. The van der Waals surface area contributed by atoms with Gasteiger partial charge in [-0.05, 0) is 62.1 Å². The normalized spacial score (nSPS) is 16.6. The third-order valence-electron chi connectivity index (χ3n) is 6.52. The van der Waals surface area contributed by atoms with Crippen molar-refractivity contribution in [2.24, 2.45) is 0 Å². The first-order valence-electron chi connectivity index (χ1n) is 11.7. The molecular weight excluding hydrogens is 452 g/mol. The van der Waals surface area contributed by atoms with Gasteiger partial charge in [-0.15, -0.1) is 10.2 Å². The molecule has 0 aliphatic carbocycles. The molecule has 1 amide bonds. The second-order valence-electron chi connectivity index (χ2n) is 8.92. The highest BCUT2D eigenvalue weighted by atomic mass is 32.2. The summed E-state index contributed by atoms with van der Waals surface area (Å²) < 4.78 is 33.3. The Morgan fingerprint density at radius 2 is 1.76 bits per heavy atom. The zero-order valence-corrected chi connectivity index (χ0v) is 20.1.